The standard InChI is InChI=1S/C90H105Cl2N11O28/c1-4-5-6-7-8-9-10-11-12-15-63(109)98-72-75(112)77(114)80(88(123)124-3)131-89(72)130-79-60-34-45-35-61(79)127-57-25-20-44(32-52(57)91)73(110)71-87(122)102-69(82(117)96-29-14-28-95-27-13-26-93)50-36-46(105)37-59(128-90-78(115)76(113)74(111)62(40-104)129-90)64(50)49-31-42(18-23-54(49)106)67(84(119)103-71)99-85(120)68(45)100-86(121)70-51-38-48(39-56(108)65(51)92)126-58-33-43(19-24-55(58)107)66(94-2)83(118)97-53(81(116)101-70)30-41-16-21-47(125-60)22-17-41/h16-25,31-39,53,62,66-78,80,89-90,94-95,104-108,110-115H,4-15,26-30,40,93H2,1-3H3,(H,96,117)(H,97,118)(H,98,109)(H,99,120)(H,100,121)(H,101,116)(H,102,122)(H,103,119)/t53-,62-,66+,67-,68-,69-,70+,71+,72-,73-,74-,75-,76+,77+,78+,80+,89-,90+/m1/s1. The highest BCUT2D eigenvalue weighted by Crippen LogP contribution is 2.51. The molecule has 41 heteroatoms. The molecule has 0 spiro atoms. The number of unbranched alkanes of at least 4 members (excludes halogenated alkanes) is 8. The third-order valence-electron chi connectivity index (χ3n) is 23.3. The molecule has 0 aromatic heterocycles. The topological polar surface area (TPSA) is 596 Å². The summed E-state index contributed by atoms with van der Waals surface area (Å²) in [5.74, 6) is -17.2. The fraction of sp³-hybridized carbons (Fsp3) is 0.433. The predicted octanol–water partition coefficient (Wildman–Crippen LogP) is 3.78. The Labute approximate surface area is 760 Å². The SMILES string of the molecule is CCCCCCCCCCCC(=O)N[C@H]1[C@H](Oc2c3cc4cc2Oc2ccc(cc2Cl)[C@@H](O)[C@@H]2NC(=O)[C@H](NC(=O)[C@@H]4NC(=O)[C@H]4NC(=O)[C@@H](Cc5ccc(cc5)O3)NC(=O)[C@@H](NC)c3ccc(O)c(c3)Oc3cc(O)c(Cl)c4c3)c3ccc(O)c(c3)-c3c(O[C@H]4O[C@H](CO)[C@@H](O)[C@H](O)[C@@H]4O)cc(O)cc3[C@H](C(=O)NCCCNCCCN)NC2=O)O[C@H](C(=O)OC)[C@@H](O)[C@@H]1O. The van der Waals surface area contributed by atoms with Crippen molar-refractivity contribution in [3.05, 3.63) is 164 Å². The van der Waals surface area contributed by atoms with Gasteiger partial charge in [0, 0.05) is 48.2 Å². The van der Waals surface area contributed by atoms with Crippen molar-refractivity contribution in [2.75, 3.05) is 46.9 Å². The fourth-order valence-electron chi connectivity index (χ4n) is 16.2. The summed E-state index contributed by atoms with van der Waals surface area (Å²) >= 11 is 14.4. The quantitative estimate of drug-likeness (QED) is 0.0271. The van der Waals surface area contributed by atoms with Gasteiger partial charge in [0.2, 0.25) is 65.6 Å². The molecule has 8 amide bonds. The number of carbonyl (C=O) groups is 9. The Balaban J connectivity index is 1.04. The van der Waals surface area contributed by atoms with Crippen molar-refractivity contribution in [1.29, 1.82) is 0 Å². The Hall–Kier alpha value is -11.9. The van der Waals surface area contributed by atoms with Crippen molar-refractivity contribution in [2.45, 2.75) is 200 Å². The zero-order valence-corrected chi connectivity index (χ0v) is 72.8. The molecule has 0 aliphatic carbocycles. The molecule has 2 fully saturated rings. The normalized spacial score (nSPS) is 25.4. The second-order valence-electron chi connectivity index (χ2n) is 32.5. The minimum atomic E-state index is -2.44. The van der Waals surface area contributed by atoms with Gasteiger partial charge in [0.25, 0.3) is 0 Å². The lowest BCUT2D eigenvalue weighted by molar-refractivity contribution is -0.277. The van der Waals surface area contributed by atoms with Crippen LogP contribution in [0.15, 0.2) is 115 Å². The number of halogens is 2. The highest BCUT2D eigenvalue weighted by molar-refractivity contribution is 6.33. The molecule has 7 aromatic rings. The number of aromatic hydroxyl groups is 4. The van der Waals surface area contributed by atoms with Crippen molar-refractivity contribution in [3.63, 3.8) is 0 Å². The van der Waals surface area contributed by atoms with Crippen LogP contribution in [0.3, 0.4) is 0 Å². The smallest absolute Gasteiger partial charge is 0.337 e. The van der Waals surface area contributed by atoms with Crippen molar-refractivity contribution in [3.8, 4) is 80.1 Å². The molecule has 0 saturated carbocycles. The molecule has 15 rings (SSSR count). The summed E-state index contributed by atoms with van der Waals surface area (Å²) in [6, 6.07) is 5.99. The van der Waals surface area contributed by atoms with Crippen molar-refractivity contribution < 1.29 is 137 Å². The Bertz CT molecular complexity index is 5370. The van der Waals surface area contributed by atoms with Gasteiger partial charge in [0.1, 0.15) is 131 Å². The number of aliphatic hydroxyl groups is 7. The second-order valence-corrected chi connectivity index (χ2v) is 33.3. The molecule has 131 heavy (non-hydrogen) atoms. The summed E-state index contributed by atoms with van der Waals surface area (Å²) in [6.45, 7) is 2.23. The van der Waals surface area contributed by atoms with E-state index in [1.54, 1.807) is 0 Å². The number of methoxy groups -OCH3 is 1. The summed E-state index contributed by atoms with van der Waals surface area (Å²) < 4.78 is 50.0. The maximum absolute atomic E-state index is 16.9. The van der Waals surface area contributed by atoms with E-state index in [2.05, 4.69) is 60.1 Å². The molecule has 8 aliphatic rings. The van der Waals surface area contributed by atoms with Gasteiger partial charge in [-0.25, -0.2) is 4.79 Å². The number of fused-ring (bicyclic) bond motifs is 14. The molecule has 18 atom stereocenters. The zero-order chi connectivity index (χ0) is 93.8. The number of nitrogens with two attached hydrogens (primary N) is 1. The van der Waals surface area contributed by atoms with E-state index in [1.807, 2.05) is 0 Å². The van der Waals surface area contributed by atoms with Gasteiger partial charge in [-0.05, 0) is 152 Å². The summed E-state index contributed by atoms with van der Waals surface area (Å²) in [5, 5.41) is 155. The molecule has 8 heterocycles. The number of hydrogen-bond acceptors (Lipinski definition) is 31. The number of ether oxygens (including phenoxy) is 8. The molecular weight excluding hydrogens is 1750 g/mol. The first-order chi connectivity index (χ1) is 62.9. The third kappa shape index (κ3) is 22.3. The van der Waals surface area contributed by atoms with Crippen LogP contribution in [-0.4, -0.2) is 230 Å². The predicted molar refractivity (Wildman–Crippen MR) is 465 cm³/mol. The number of phenolic OH excluding ortho intramolecular Hbond substituents is 4. The number of aliphatic hydroxyl groups excluding tert-OH is 7. The first-order valence-electron chi connectivity index (χ1n) is 42.9. The van der Waals surface area contributed by atoms with Crippen LogP contribution < -0.4 is 82.6 Å². The lowest BCUT2D eigenvalue weighted by atomic mass is 9.89. The van der Waals surface area contributed by atoms with Crippen LogP contribution in [0.2, 0.25) is 10.0 Å². The van der Waals surface area contributed by atoms with Gasteiger partial charge in [-0.2, -0.15) is 0 Å². The monoisotopic (exact) mass is 1860 g/mol. The highest BCUT2D eigenvalue weighted by Gasteiger charge is 2.52. The van der Waals surface area contributed by atoms with E-state index in [-0.39, 0.29) is 47.8 Å². The van der Waals surface area contributed by atoms with Crippen LogP contribution in [0.1, 0.15) is 159 Å². The summed E-state index contributed by atoms with van der Waals surface area (Å²) in [4.78, 5) is 139. The van der Waals surface area contributed by atoms with Crippen LogP contribution in [0, 0.1) is 0 Å². The van der Waals surface area contributed by atoms with Crippen LogP contribution in [0.4, 0.5) is 0 Å². The number of carbonyl (C=O) groups excluding carboxylic acids is 9. The van der Waals surface area contributed by atoms with Gasteiger partial charge in [-0.3, -0.25) is 38.4 Å². The molecule has 8 aliphatic heterocycles. The third-order valence-corrected chi connectivity index (χ3v) is 24.0. The average Bonchev–Trinajstić information content (AvgIpc) is 0.768. The van der Waals surface area contributed by atoms with E-state index in [4.69, 9.17) is 66.8 Å². The van der Waals surface area contributed by atoms with E-state index in [0.717, 1.165) is 119 Å². The fourth-order valence-corrected chi connectivity index (χ4v) is 16.7. The van der Waals surface area contributed by atoms with Gasteiger partial charge in [0.15, 0.2) is 29.1 Å². The second kappa shape index (κ2) is 43.4. The van der Waals surface area contributed by atoms with Crippen molar-refractivity contribution in [1.82, 2.24) is 53.2 Å². The molecule has 702 valence electrons. The maximum Gasteiger partial charge on any atom is 0.337 e. The molecule has 0 radical (unpaired) electrons. The summed E-state index contributed by atoms with van der Waals surface area (Å²) in [7, 11) is 2.40. The lowest BCUT2D eigenvalue weighted by Crippen LogP contribution is -2.66. The van der Waals surface area contributed by atoms with Gasteiger partial charge in [-0.1, -0.05) is 112 Å². The Kier molecular flexibility index (Phi) is 32.0. The Morgan fingerprint density at radius 1 is 0.542 bits per heavy atom. The number of hydrogen-bond donors (Lipinski definition) is 22. The van der Waals surface area contributed by atoms with E-state index in [1.165, 1.54) is 55.6 Å². The first kappa shape index (κ1) is 96.6. The lowest BCUT2D eigenvalue weighted by Gasteiger charge is -2.41. The van der Waals surface area contributed by atoms with E-state index < -0.39 is 271 Å². The molecule has 23 N–H and O–H groups in total. The molecule has 39 nitrogen and oxygen atoms in total. The van der Waals surface area contributed by atoms with Gasteiger partial charge < -0.3 is 153 Å². The molecule has 0 unspecified atom stereocenters. The summed E-state index contributed by atoms with van der Waals surface area (Å²) in [6.07, 6.45) is -12.3. The molecular formula is C90H105Cl2N11O28. The Morgan fingerprint density at radius 3 is 1.89 bits per heavy atom. The number of phenols is 4. The van der Waals surface area contributed by atoms with Crippen LogP contribution in [-0.2, 0) is 63.8 Å². The number of esters is 1. The number of amides is 8. The minimum Gasteiger partial charge on any atom is -0.508 e. The van der Waals surface area contributed by atoms with Crippen molar-refractivity contribution in [2.24, 2.45) is 5.73 Å². The number of nitrogens with one attached hydrogen (secondary N) is 10. The van der Waals surface area contributed by atoms with Gasteiger partial charge in [-0.15, -0.1) is 0 Å². The van der Waals surface area contributed by atoms with Crippen LogP contribution >= 0.6 is 23.2 Å². The van der Waals surface area contributed by atoms with E-state index in [0.29, 0.717) is 44.5 Å². The average molecular weight is 1860 g/mol. The summed E-state index contributed by atoms with van der Waals surface area (Å²) in [5.41, 5.74) is 3.08. The molecule has 2 saturated heterocycles. The number of rotatable bonds is 26. The largest absolute Gasteiger partial charge is 0.508 e. The number of benzene rings is 7. The maximum atomic E-state index is 16.9. The zero-order valence-electron chi connectivity index (χ0n) is 71.3. The van der Waals surface area contributed by atoms with Crippen molar-refractivity contribution >= 4 is 76.4 Å². The minimum absolute atomic E-state index is 0.119. The molecule has 7 aromatic carbocycles. The van der Waals surface area contributed by atoms with E-state index >= 15 is 28.8 Å². The van der Waals surface area contributed by atoms with Gasteiger partial charge >= 0.3 is 5.97 Å². The highest BCUT2D eigenvalue weighted by atomic mass is 35.5. The number of likely N-dealkylation sites (N-methyl/N-ethyl adjacent to an activating group) is 1. The first-order valence-corrected chi connectivity index (χ1v) is 43.7. The van der Waals surface area contributed by atoms with E-state index in [9.17, 15) is 70.6 Å². The molecule has 17 bridgehead atoms. The van der Waals surface area contributed by atoms with Gasteiger partial charge in [0.05, 0.1) is 23.8 Å². The Morgan fingerprint density at radius 2 is 1.19 bits per heavy atom. The van der Waals surface area contributed by atoms with Crippen LogP contribution in [0.25, 0.3) is 11.1 Å². The van der Waals surface area contributed by atoms with Crippen LogP contribution in [0.5, 0.6) is 69.0 Å².